The molecule has 2 rings (SSSR count). The van der Waals surface area contributed by atoms with Crippen LogP contribution in [-0.4, -0.2) is 34.0 Å². The lowest BCUT2D eigenvalue weighted by Crippen LogP contribution is -2.52. The summed E-state index contributed by atoms with van der Waals surface area (Å²) in [6.07, 6.45) is 0. The molecule has 5 heteroatoms. The van der Waals surface area contributed by atoms with Crippen LogP contribution in [0.1, 0.15) is 36.0 Å². The maximum absolute atomic E-state index is 12.8. The van der Waals surface area contributed by atoms with Gasteiger partial charge in [-0.3, -0.25) is 4.79 Å². The van der Waals surface area contributed by atoms with E-state index in [9.17, 15) is 14.7 Å². The third-order valence-electron chi connectivity index (χ3n) is 3.80. The molecule has 0 aliphatic rings. The molecule has 1 aromatic carbocycles. The van der Waals surface area contributed by atoms with Crippen LogP contribution in [0.3, 0.4) is 0 Å². The van der Waals surface area contributed by atoms with Gasteiger partial charge < -0.3 is 10.0 Å². The first-order valence-electron chi connectivity index (χ1n) is 6.84. The zero-order chi connectivity index (χ0) is 15.8. The third-order valence-corrected chi connectivity index (χ3v) is 5.06. The van der Waals surface area contributed by atoms with E-state index >= 15 is 0 Å². The number of aryl methyl sites for hydroxylation is 1. The number of benzene rings is 1. The van der Waals surface area contributed by atoms with E-state index in [1.54, 1.807) is 20.8 Å². The quantitative estimate of drug-likeness (QED) is 0.940. The number of aliphatic carboxylic acids is 1. The Labute approximate surface area is 128 Å². The van der Waals surface area contributed by atoms with Gasteiger partial charge in [-0.2, -0.15) is 0 Å². The minimum atomic E-state index is -1.23. The Morgan fingerprint density at radius 2 is 1.90 bits per heavy atom. The van der Waals surface area contributed by atoms with Gasteiger partial charge in [0.05, 0.1) is 4.88 Å². The van der Waals surface area contributed by atoms with Gasteiger partial charge in [0.25, 0.3) is 5.91 Å². The average molecular weight is 305 g/mol. The number of carboxylic acids is 1. The van der Waals surface area contributed by atoms with Crippen LogP contribution >= 0.6 is 11.3 Å². The highest BCUT2D eigenvalue weighted by Crippen LogP contribution is 2.32. The van der Waals surface area contributed by atoms with Crippen molar-refractivity contribution in [2.45, 2.75) is 33.2 Å². The largest absolute Gasteiger partial charge is 0.480 e. The molecule has 1 N–H and O–H groups in total. The Morgan fingerprint density at radius 3 is 2.43 bits per heavy atom. The molecule has 4 nitrogen and oxygen atoms in total. The van der Waals surface area contributed by atoms with Crippen LogP contribution in [0.25, 0.3) is 10.1 Å². The Morgan fingerprint density at radius 1 is 1.29 bits per heavy atom. The Hall–Kier alpha value is -1.88. The summed E-state index contributed by atoms with van der Waals surface area (Å²) >= 11 is 1.42. The molecule has 2 aromatic rings. The Kier molecular flexibility index (Phi) is 4.05. The topological polar surface area (TPSA) is 57.6 Å². The molecule has 0 atom stereocenters. The van der Waals surface area contributed by atoms with E-state index in [1.807, 2.05) is 31.2 Å². The molecule has 0 unspecified atom stereocenters. The van der Waals surface area contributed by atoms with Gasteiger partial charge in [0.15, 0.2) is 0 Å². The molecule has 0 radical (unpaired) electrons. The fourth-order valence-electron chi connectivity index (χ4n) is 2.41. The normalized spacial score (nSPS) is 11.6. The van der Waals surface area contributed by atoms with Crippen LogP contribution < -0.4 is 0 Å². The molecular formula is C16H19NO3S. The highest BCUT2D eigenvalue weighted by Gasteiger charge is 2.38. The standard InChI is InChI=1S/C16H19NO3S/c1-5-17(16(3,4)15(19)20)14(18)13-10(2)11-8-6-7-9-12(11)21-13/h6-9H,5H2,1-4H3,(H,19,20). The molecular weight excluding hydrogens is 286 g/mol. The van der Waals surface area contributed by atoms with Crippen molar-refractivity contribution in [2.75, 3.05) is 6.54 Å². The van der Waals surface area contributed by atoms with Gasteiger partial charge in [0.2, 0.25) is 0 Å². The second-order valence-corrected chi connectivity index (χ2v) is 6.52. The lowest BCUT2D eigenvalue weighted by molar-refractivity contribution is -0.147. The first kappa shape index (κ1) is 15.5. The molecule has 0 spiro atoms. The number of likely N-dealkylation sites (N-methyl/N-ethyl adjacent to an activating group) is 1. The molecule has 0 saturated carbocycles. The van der Waals surface area contributed by atoms with Crippen LogP contribution in [0.2, 0.25) is 0 Å². The van der Waals surface area contributed by atoms with Crippen molar-refractivity contribution < 1.29 is 14.7 Å². The Balaban J connectivity index is 2.50. The van der Waals surface area contributed by atoms with Crippen molar-refractivity contribution in [3.8, 4) is 0 Å². The molecule has 0 saturated heterocycles. The molecule has 0 aliphatic carbocycles. The van der Waals surface area contributed by atoms with Gasteiger partial charge in [-0.05, 0) is 44.7 Å². The van der Waals surface area contributed by atoms with Gasteiger partial charge in [0.1, 0.15) is 5.54 Å². The number of carbonyl (C=O) groups is 2. The molecule has 0 bridgehead atoms. The monoisotopic (exact) mass is 305 g/mol. The van der Waals surface area contributed by atoms with Gasteiger partial charge in [-0.15, -0.1) is 11.3 Å². The maximum Gasteiger partial charge on any atom is 0.329 e. The number of fused-ring (bicyclic) bond motifs is 1. The molecule has 21 heavy (non-hydrogen) atoms. The zero-order valence-corrected chi connectivity index (χ0v) is 13.5. The van der Waals surface area contributed by atoms with E-state index in [0.717, 1.165) is 15.6 Å². The van der Waals surface area contributed by atoms with Gasteiger partial charge in [0, 0.05) is 11.2 Å². The lowest BCUT2D eigenvalue weighted by Gasteiger charge is -2.34. The summed E-state index contributed by atoms with van der Waals surface area (Å²) in [7, 11) is 0. The first-order valence-corrected chi connectivity index (χ1v) is 7.65. The summed E-state index contributed by atoms with van der Waals surface area (Å²) in [4.78, 5) is 26.2. The summed E-state index contributed by atoms with van der Waals surface area (Å²) in [5, 5.41) is 10.4. The minimum absolute atomic E-state index is 0.219. The molecule has 0 fully saturated rings. The SMILES string of the molecule is CCN(C(=O)c1sc2ccccc2c1C)C(C)(C)C(=O)O. The number of amides is 1. The molecule has 1 amide bonds. The summed E-state index contributed by atoms with van der Waals surface area (Å²) < 4.78 is 1.04. The summed E-state index contributed by atoms with van der Waals surface area (Å²) in [5.41, 5.74) is -0.311. The van der Waals surface area contributed by atoms with E-state index in [0.29, 0.717) is 11.4 Å². The average Bonchev–Trinajstić information content (AvgIpc) is 2.77. The molecule has 1 aromatic heterocycles. The predicted molar refractivity (Wildman–Crippen MR) is 85.0 cm³/mol. The van der Waals surface area contributed by atoms with Crippen molar-refractivity contribution in [1.82, 2.24) is 4.90 Å². The number of hydrogen-bond donors (Lipinski definition) is 1. The lowest BCUT2D eigenvalue weighted by atomic mass is 10.0. The third kappa shape index (κ3) is 2.53. The minimum Gasteiger partial charge on any atom is -0.480 e. The van der Waals surface area contributed by atoms with Crippen LogP contribution in [0.15, 0.2) is 24.3 Å². The second kappa shape index (κ2) is 5.48. The summed E-state index contributed by atoms with van der Waals surface area (Å²) in [5.74, 6) is -1.22. The van der Waals surface area contributed by atoms with Crippen LogP contribution in [0.5, 0.6) is 0 Å². The fraction of sp³-hybridized carbons (Fsp3) is 0.375. The van der Waals surface area contributed by atoms with E-state index in [1.165, 1.54) is 16.2 Å². The van der Waals surface area contributed by atoms with Gasteiger partial charge in [-0.25, -0.2) is 4.79 Å². The highest BCUT2D eigenvalue weighted by atomic mass is 32.1. The van der Waals surface area contributed by atoms with Crippen molar-refractivity contribution in [1.29, 1.82) is 0 Å². The van der Waals surface area contributed by atoms with Gasteiger partial charge in [-0.1, -0.05) is 18.2 Å². The number of rotatable bonds is 4. The van der Waals surface area contributed by atoms with Crippen molar-refractivity contribution in [3.05, 3.63) is 34.7 Å². The second-order valence-electron chi connectivity index (χ2n) is 5.47. The smallest absolute Gasteiger partial charge is 0.329 e. The van der Waals surface area contributed by atoms with Crippen molar-refractivity contribution >= 4 is 33.3 Å². The molecule has 112 valence electrons. The van der Waals surface area contributed by atoms with E-state index in [4.69, 9.17) is 0 Å². The molecule has 1 heterocycles. The first-order chi connectivity index (χ1) is 9.80. The summed E-state index contributed by atoms with van der Waals surface area (Å²) in [6, 6.07) is 7.83. The van der Waals surface area contributed by atoms with Crippen LogP contribution in [0.4, 0.5) is 0 Å². The number of carbonyl (C=O) groups excluding carboxylic acids is 1. The Bertz CT molecular complexity index is 703. The predicted octanol–water partition coefficient (Wildman–Crippen LogP) is 3.54. The van der Waals surface area contributed by atoms with E-state index in [2.05, 4.69) is 0 Å². The highest BCUT2D eigenvalue weighted by molar-refractivity contribution is 7.21. The van der Waals surface area contributed by atoms with E-state index < -0.39 is 11.5 Å². The fourth-order valence-corrected chi connectivity index (χ4v) is 3.57. The van der Waals surface area contributed by atoms with Crippen LogP contribution in [-0.2, 0) is 4.79 Å². The van der Waals surface area contributed by atoms with Gasteiger partial charge >= 0.3 is 5.97 Å². The zero-order valence-electron chi connectivity index (χ0n) is 12.6. The number of thiophene rings is 1. The van der Waals surface area contributed by atoms with Crippen molar-refractivity contribution in [3.63, 3.8) is 0 Å². The number of carboxylic acid groups (broad SMARTS) is 1. The maximum atomic E-state index is 12.8. The van der Waals surface area contributed by atoms with Crippen LogP contribution in [0, 0.1) is 6.92 Å². The van der Waals surface area contributed by atoms with Crippen molar-refractivity contribution in [2.24, 2.45) is 0 Å². The number of nitrogens with zero attached hydrogens (tertiary/aromatic N) is 1. The summed E-state index contributed by atoms with van der Waals surface area (Å²) in [6.45, 7) is 7.17. The molecule has 0 aliphatic heterocycles. The van der Waals surface area contributed by atoms with E-state index in [-0.39, 0.29) is 5.91 Å². The number of hydrogen-bond acceptors (Lipinski definition) is 3.